The van der Waals surface area contributed by atoms with Crippen molar-refractivity contribution >= 4 is 23.8 Å². The van der Waals surface area contributed by atoms with Crippen LogP contribution in [0.3, 0.4) is 0 Å². The molecule has 0 fully saturated rings. The number of para-hydroxylation sites is 1. The molecule has 2 aromatic carbocycles. The van der Waals surface area contributed by atoms with Crippen molar-refractivity contribution in [3.63, 3.8) is 0 Å². The van der Waals surface area contributed by atoms with Crippen molar-refractivity contribution in [3.05, 3.63) is 71.4 Å². The van der Waals surface area contributed by atoms with E-state index in [2.05, 4.69) is 15.6 Å². The number of nitrogens with two attached hydrogens (primary N) is 1. The van der Waals surface area contributed by atoms with Crippen molar-refractivity contribution in [1.29, 1.82) is 0 Å². The Kier molecular flexibility index (Phi) is 4.58. The monoisotopic (exact) mass is 339 g/mol. The van der Waals surface area contributed by atoms with Crippen LogP contribution in [-0.2, 0) is 0 Å². The number of hydrogen-bond donors (Lipinski definition) is 2. The van der Waals surface area contributed by atoms with Gasteiger partial charge in [-0.25, -0.2) is 14.9 Å². The van der Waals surface area contributed by atoms with E-state index in [9.17, 15) is 4.79 Å². The Morgan fingerprint density at radius 1 is 1.17 bits per heavy atom. The molecular formula is C17H14ClN5O. The molecule has 0 saturated carbocycles. The first kappa shape index (κ1) is 15.8. The fourth-order valence-electron chi connectivity index (χ4n) is 2.19. The third-order valence-corrected chi connectivity index (χ3v) is 3.51. The van der Waals surface area contributed by atoms with Gasteiger partial charge < -0.3 is 5.73 Å². The van der Waals surface area contributed by atoms with Crippen LogP contribution in [0.2, 0.25) is 5.02 Å². The highest BCUT2D eigenvalue weighted by atomic mass is 35.5. The molecule has 7 heteroatoms. The normalized spacial score (nSPS) is 10.9. The summed E-state index contributed by atoms with van der Waals surface area (Å²) in [5, 5.41) is 9.08. The Balaban J connectivity index is 2.04. The van der Waals surface area contributed by atoms with Gasteiger partial charge in [-0.3, -0.25) is 0 Å². The molecular weight excluding hydrogens is 326 g/mol. The van der Waals surface area contributed by atoms with Crippen LogP contribution in [0.5, 0.6) is 0 Å². The quantitative estimate of drug-likeness (QED) is 0.565. The van der Waals surface area contributed by atoms with Gasteiger partial charge in [-0.05, 0) is 24.3 Å². The maximum absolute atomic E-state index is 10.8. The number of hydrogen-bond acceptors (Lipinski definition) is 3. The Bertz CT molecular complexity index is 872. The van der Waals surface area contributed by atoms with Gasteiger partial charge in [0.1, 0.15) is 5.69 Å². The van der Waals surface area contributed by atoms with Gasteiger partial charge in [-0.15, -0.1) is 0 Å². The van der Waals surface area contributed by atoms with Gasteiger partial charge in [0.25, 0.3) is 0 Å². The SMILES string of the molecule is NC(=O)N/N=C\c1cn(-c2ccccc2)nc1-c1ccc(Cl)cc1. The molecule has 0 aliphatic rings. The highest BCUT2D eigenvalue weighted by molar-refractivity contribution is 6.30. The summed E-state index contributed by atoms with van der Waals surface area (Å²) in [5.41, 5.74) is 10.4. The van der Waals surface area contributed by atoms with E-state index < -0.39 is 6.03 Å². The molecule has 0 saturated heterocycles. The van der Waals surface area contributed by atoms with Gasteiger partial charge in [-0.2, -0.15) is 10.2 Å². The van der Waals surface area contributed by atoms with Crippen molar-refractivity contribution in [2.75, 3.05) is 0 Å². The number of urea groups is 1. The highest BCUT2D eigenvalue weighted by Crippen LogP contribution is 2.24. The van der Waals surface area contributed by atoms with E-state index in [0.29, 0.717) is 10.7 Å². The van der Waals surface area contributed by atoms with Gasteiger partial charge in [0.2, 0.25) is 0 Å². The largest absolute Gasteiger partial charge is 0.350 e. The van der Waals surface area contributed by atoms with Crippen LogP contribution in [0.15, 0.2) is 65.9 Å². The van der Waals surface area contributed by atoms with Crippen LogP contribution < -0.4 is 11.2 Å². The topological polar surface area (TPSA) is 85.3 Å². The fourth-order valence-corrected chi connectivity index (χ4v) is 2.32. The number of primary amides is 1. The fraction of sp³-hybridized carbons (Fsp3) is 0. The molecule has 0 spiro atoms. The van der Waals surface area contributed by atoms with E-state index in [1.54, 1.807) is 16.8 Å². The highest BCUT2D eigenvalue weighted by Gasteiger charge is 2.11. The molecule has 0 unspecified atom stereocenters. The Labute approximate surface area is 143 Å². The van der Waals surface area contributed by atoms with Crippen molar-refractivity contribution in [2.24, 2.45) is 10.8 Å². The van der Waals surface area contributed by atoms with Crippen molar-refractivity contribution in [2.45, 2.75) is 0 Å². The average molecular weight is 340 g/mol. The zero-order valence-corrected chi connectivity index (χ0v) is 13.3. The Morgan fingerprint density at radius 2 is 1.88 bits per heavy atom. The summed E-state index contributed by atoms with van der Waals surface area (Å²) in [4.78, 5) is 10.8. The first-order valence-corrected chi connectivity index (χ1v) is 7.51. The summed E-state index contributed by atoms with van der Waals surface area (Å²) in [6, 6.07) is 16.3. The summed E-state index contributed by atoms with van der Waals surface area (Å²) in [5.74, 6) is 0. The van der Waals surface area contributed by atoms with Gasteiger partial charge >= 0.3 is 6.03 Å². The van der Waals surface area contributed by atoms with E-state index in [-0.39, 0.29) is 0 Å². The summed E-state index contributed by atoms with van der Waals surface area (Å²) >= 11 is 5.95. The number of carbonyl (C=O) groups excluding carboxylic acids is 1. The lowest BCUT2D eigenvalue weighted by Crippen LogP contribution is -2.24. The minimum atomic E-state index is -0.727. The van der Waals surface area contributed by atoms with Crippen LogP contribution in [0, 0.1) is 0 Å². The molecule has 2 amide bonds. The number of halogens is 1. The molecule has 120 valence electrons. The predicted octanol–water partition coefficient (Wildman–Crippen LogP) is 3.19. The maximum Gasteiger partial charge on any atom is 0.332 e. The molecule has 0 radical (unpaired) electrons. The maximum atomic E-state index is 10.8. The van der Waals surface area contributed by atoms with Gasteiger partial charge in [0, 0.05) is 22.3 Å². The van der Waals surface area contributed by atoms with E-state index in [4.69, 9.17) is 17.3 Å². The summed E-state index contributed by atoms with van der Waals surface area (Å²) in [7, 11) is 0. The van der Waals surface area contributed by atoms with Crippen LogP contribution in [-0.4, -0.2) is 22.0 Å². The zero-order chi connectivity index (χ0) is 16.9. The number of benzene rings is 2. The molecule has 0 atom stereocenters. The first-order valence-electron chi connectivity index (χ1n) is 7.13. The van der Waals surface area contributed by atoms with Crippen molar-refractivity contribution in [3.8, 4) is 16.9 Å². The summed E-state index contributed by atoms with van der Waals surface area (Å²) in [6.45, 7) is 0. The molecule has 0 aliphatic carbocycles. The molecule has 1 heterocycles. The molecule has 24 heavy (non-hydrogen) atoms. The number of hydrazone groups is 1. The summed E-state index contributed by atoms with van der Waals surface area (Å²) in [6.07, 6.45) is 3.33. The molecule has 0 aliphatic heterocycles. The van der Waals surface area contributed by atoms with Crippen molar-refractivity contribution in [1.82, 2.24) is 15.2 Å². The van der Waals surface area contributed by atoms with Crippen LogP contribution in [0.4, 0.5) is 4.79 Å². The molecule has 3 aromatic rings. The smallest absolute Gasteiger partial charge is 0.332 e. The number of amides is 2. The second-order valence-electron chi connectivity index (χ2n) is 4.95. The lowest BCUT2D eigenvalue weighted by molar-refractivity contribution is 0.249. The number of nitrogens with zero attached hydrogens (tertiary/aromatic N) is 3. The lowest BCUT2D eigenvalue weighted by Gasteiger charge is -2.00. The minimum Gasteiger partial charge on any atom is -0.350 e. The number of rotatable bonds is 4. The van der Waals surface area contributed by atoms with Crippen LogP contribution in [0.25, 0.3) is 16.9 Å². The second kappa shape index (κ2) is 6.97. The molecule has 0 bridgehead atoms. The second-order valence-corrected chi connectivity index (χ2v) is 5.39. The average Bonchev–Trinajstić information content (AvgIpc) is 3.00. The lowest BCUT2D eigenvalue weighted by atomic mass is 10.1. The minimum absolute atomic E-state index is 0.645. The predicted molar refractivity (Wildman–Crippen MR) is 94.3 cm³/mol. The molecule has 3 N–H and O–H groups in total. The Hall–Kier alpha value is -3.12. The number of nitrogens with one attached hydrogen (secondary N) is 1. The molecule has 3 rings (SSSR count). The zero-order valence-electron chi connectivity index (χ0n) is 12.6. The van der Waals surface area contributed by atoms with E-state index in [1.165, 1.54) is 6.21 Å². The van der Waals surface area contributed by atoms with Crippen LogP contribution >= 0.6 is 11.6 Å². The van der Waals surface area contributed by atoms with E-state index in [1.807, 2.05) is 48.7 Å². The Morgan fingerprint density at radius 3 is 2.54 bits per heavy atom. The van der Waals surface area contributed by atoms with E-state index in [0.717, 1.165) is 16.8 Å². The van der Waals surface area contributed by atoms with E-state index >= 15 is 0 Å². The van der Waals surface area contributed by atoms with Gasteiger partial charge in [0.05, 0.1) is 11.9 Å². The molecule has 1 aromatic heterocycles. The number of aromatic nitrogens is 2. The third-order valence-electron chi connectivity index (χ3n) is 3.26. The first-order chi connectivity index (χ1) is 11.6. The van der Waals surface area contributed by atoms with Crippen LogP contribution in [0.1, 0.15) is 5.56 Å². The molecule has 6 nitrogen and oxygen atoms in total. The van der Waals surface area contributed by atoms with Crippen molar-refractivity contribution < 1.29 is 4.79 Å². The summed E-state index contributed by atoms with van der Waals surface area (Å²) < 4.78 is 1.75. The third kappa shape index (κ3) is 3.61. The standard InChI is InChI=1S/C17H14ClN5O/c18-14-8-6-12(7-9-14)16-13(10-20-21-17(19)24)11-23(22-16)15-4-2-1-3-5-15/h1-11H,(H3,19,21,24)/b20-10-. The van der Waals surface area contributed by atoms with Gasteiger partial charge in [0.15, 0.2) is 0 Å². The van der Waals surface area contributed by atoms with Gasteiger partial charge in [-0.1, -0.05) is 41.9 Å². The number of carbonyl (C=O) groups is 1.